The van der Waals surface area contributed by atoms with Crippen molar-refractivity contribution in [1.29, 1.82) is 0 Å². The van der Waals surface area contributed by atoms with E-state index < -0.39 is 0 Å². The second-order valence-electron chi connectivity index (χ2n) is 8.79. The summed E-state index contributed by atoms with van der Waals surface area (Å²) < 4.78 is 8.29. The van der Waals surface area contributed by atoms with Gasteiger partial charge < -0.3 is 4.74 Å². The number of aromatic nitrogens is 3. The number of nitro benzene ring substituents is 1. The molecule has 0 atom stereocenters. The number of nitrogens with zero attached hydrogens (tertiary/aromatic N) is 4. The van der Waals surface area contributed by atoms with E-state index in [-0.39, 0.29) is 16.7 Å². The number of hydrogen-bond acceptors (Lipinski definition) is 5. The van der Waals surface area contributed by atoms with Crippen LogP contribution in [0.25, 0.3) is 22.0 Å². The number of benzene rings is 2. The smallest absolute Gasteiger partial charge is 0.270 e. The fourth-order valence-corrected chi connectivity index (χ4v) is 4.67. The van der Waals surface area contributed by atoms with E-state index in [0.29, 0.717) is 6.61 Å². The quantitative estimate of drug-likeness (QED) is 0.251. The molecule has 1 aliphatic heterocycles. The number of non-ortho nitro benzene ring substituents is 1. The maximum Gasteiger partial charge on any atom is 0.270 e. The Morgan fingerprint density at radius 1 is 1.18 bits per heavy atom. The minimum atomic E-state index is -0.346. The zero-order valence-corrected chi connectivity index (χ0v) is 19.5. The lowest BCUT2D eigenvalue weighted by Gasteiger charge is -2.18. The molecular formula is C27H26N4O3. The van der Waals surface area contributed by atoms with Gasteiger partial charge >= 0.3 is 0 Å². The van der Waals surface area contributed by atoms with E-state index in [4.69, 9.17) is 4.74 Å². The van der Waals surface area contributed by atoms with Gasteiger partial charge in [-0.3, -0.25) is 19.8 Å². The maximum atomic E-state index is 11.5. The van der Waals surface area contributed by atoms with Gasteiger partial charge in [0.05, 0.1) is 22.3 Å². The van der Waals surface area contributed by atoms with Gasteiger partial charge in [-0.25, -0.2) is 0 Å². The first-order valence-corrected chi connectivity index (χ1v) is 11.5. The van der Waals surface area contributed by atoms with Crippen molar-refractivity contribution in [3.63, 3.8) is 0 Å². The largest absolute Gasteiger partial charge is 0.487 e. The SMILES string of the molecule is CCCC(=C1c2cc3cnn(C(C)C)c3cc2OCc2ncccc21)c1cccc([N+](=O)[O-])c1. The van der Waals surface area contributed by atoms with E-state index in [9.17, 15) is 10.1 Å². The average molecular weight is 455 g/mol. The third kappa shape index (κ3) is 3.73. The van der Waals surface area contributed by atoms with Crippen molar-refractivity contribution in [1.82, 2.24) is 14.8 Å². The van der Waals surface area contributed by atoms with Crippen molar-refractivity contribution in [2.75, 3.05) is 0 Å². The van der Waals surface area contributed by atoms with Crippen LogP contribution >= 0.6 is 0 Å². The highest BCUT2D eigenvalue weighted by molar-refractivity contribution is 6.03. The Hall–Kier alpha value is -4.00. The Kier molecular flexibility index (Phi) is 5.61. The number of fused-ring (bicyclic) bond motifs is 3. The molecule has 2 aromatic heterocycles. The minimum Gasteiger partial charge on any atom is -0.487 e. The van der Waals surface area contributed by atoms with Gasteiger partial charge in [0.1, 0.15) is 12.4 Å². The van der Waals surface area contributed by atoms with Crippen molar-refractivity contribution in [3.8, 4) is 5.75 Å². The zero-order valence-electron chi connectivity index (χ0n) is 19.5. The molecule has 0 fully saturated rings. The molecule has 3 heterocycles. The normalized spacial score (nSPS) is 14.4. The summed E-state index contributed by atoms with van der Waals surface area (Å²) in [6.07, 6.45) is 5.30. The van der Waals surface area contributed by atoms with Gasteiger partial charge in [-0.1, -0.05) is 31.5 Å². The average Bonchev–Trinajstić information content (AvgIpc) is 3.18. The molecule has 7 heteroatoms. The van der Waals surface area contributed by atoms with Gasteiger partial charge in [0.25, 0.3) is 5.69 Å². The predicted octanol–water partition coefficient (Wildman–Crippen LogP) is 6.57. The highest BCUT2D eigenvalue weighted by atomic mass is 16.6. The van der Waals surface area contributed by atoms with Crippen LogP contribution in [0, 0.1) is 10.1 Å². The van der Waals surface area contributed by atoms with E-state index in [1.54, 1.807) is 18.3 Å². The van der Waals surface area contributed by atoms with Crippen LogP contribution in [0.1, 0.15) is 62.0 Å². The lowest BCUT2D eigenvalue weighted by Crippen LogP contribution is -2.02. The first-order chi connectivity index (χ1) is 16.5. The molecule has 0 saturated heterocycles. The van der Waals surface area contributed by atoms with E-state index in [0.717, 1.165) is 63.0 Å². The van der Waals surface area contributed by atoms with Crippen LogP contribution < -0.4 is 4.74 Å². The summed E-state index contributed by atoms with van der Waals surface area (Å²) in [6, 6.07) is 15.3. The molecule has 0 N–H and O–H groups in total. The van der Waals surface area contributed by atoms with Crippen molar-refractivity contribution >= 4 is 27.7 Å². The molecule has 0 amide bonds. The number of ether oxygens (including phenoxy) is 1. The number of allylic oxidation sites excluding steroid dienone is 1. The second kappa shape index (κ2) is 8.74. The molecule has 4 aromatic rings. The van der Waals surface area contributed by atoms with E-state index in [1.807, 2.05) is 23.0 Å². The van der Waals surface area contributed by atoms with Crippen LogP contribution in [0.15, 0.2) is 60.9 Å². The lowest BCUT2D eigenvalue weighted by molar-refractivity contribution is -0.384. The molecule has 0 spiro atoms. The molecule has 7 nitrogen and oxygen atoms in total. The Balaban J connectivity index is 1.85. The first-order valence-electron chi connectivity index (χ1n) is 11.5. The second-order valence-corrected chi connectivity index (χ2v) is 8.79. The molecule has 34 heavy (non-hydrogen) atoms. The summed E-state index contributed by atoms with van der Waals surface area (Å²) in [4.78, 5) is 15.8. The maximum absolute atomic E-state index is 11.5. The molecule has 172 valence electrons. The number of pyridine rings is 1. The summed E-state index contributed by atoms with van der Waals surface area (Å²) in [5.74, 6) is 0.766. The van der Waals surface area contributed by atoms with Crippen LogP contribution in [0.5, 0.6) is 5.75 Å². The fraction of sp³-hybridized carbons (Fsp3) is 0.259. The lowest BCUT2D eigenvalue weighted by atomic mass is 9.86. The van der Waals surface area contributed by atoms with Crippen molar-refractivity contribution in [2.45, 2.75) is 46.3 Å². The van der Waals surface area contributed by atoms with Crippen LogP contribution in [0.4, 0.5) is 5.69 Å². The summed E-state index contributed by atoms with van der Waals surface area (Å²) in [6.45, 7) is 6.67. The standard InChI is InChI=1S/C27H26N4O3/c1-4-7-21(18-8-5-9-20(12-18)31(32)33)27-22-10-6-11-28-24(22)16-34-26-14-25-19(13-23(26)27)15-29-30(25)17(2)3/h5-6,8-15,17H,4,7,16H2,1-3H3. The number of hydrogen-bond donors (Lipinski definition) is 0. The number of rotatable bonds is 5. The van der Waals surface area contributed by atoms with E-state index >= 15 is 0 Å². The van der Waals surface area contributed by atoms with Crippen molar-refractivity contribution in [2.24, 2.45) is 0 Å². The van der Waals surface area contributed by atoms with Crippen LogP contribution in [-0.2, 0) is 6.61 Å². The summed E-state index contributed by atoms with van der Waals surface area (Å²) in [7, 11) is 0. The van der Waals surface area contributed by atoms with Crippen molar-refractivity contribution in [3.05, 3.63) is 93.4 Å². The van der Waals surface area contributed by atoms with Gasteiger partial charge in [0.2, 0.25) is 0 Å². The van der Waals surface area contributed by atoms with Crippen molar-refractivity contribution < 1.29 is 9.66 Å². The summed E-state index contributed by atoms with van der Waals surface area (Å²) in [5.41, 5.74) is 6.79. The number of nitro groups is 1. The van der Waals surface area contributed by atoms with E-state index in [1.165, 1.54) is 6.07 Å². The zero-order chi connectivity index (χ0) is 23.8. The van der Waals surface area contributed by atoms with Crippen LogP contribution in [0.2, 0.25) is 0 Å². The van der Waals surface area contributed by atoms with Gasteiger partial charge in [-0.2, -0.15) is 5.10 Å². The highest BCUT2D eigenvalue weighted by Gasteiger charge is 2.25. The highest BCUT2D eigenvalue weighted by Crippen LogP contribution is 2.44. The topological polar surface area (TPSA) is 83.1 Å². The Morgan fingerprint density at radius 2 is 2.03 bits per heavy atom. The molecule has 5 rings (SSSR count). The summed E-state index contributed by atoms with van der Waals surface area (Å²) in [5, 5.41) is 17.1. The van der Waals surface area contributed by atoms with Gasteiger partial charge in [-0.05, 0) is 49.1 Å². The van der Waals surface area contributed by atoms with Gasteiger partial charge in [-0.15, -0.1) is 0 Å². The third-order valence-corrected chi connectivity index (χ3v) is 6.19. The molecule has 0 saturated carbocycles. The Labute approximate surface area is 197 Å². The molecule has 0 unspecified atom stereocenters. The van der Waals surface area contributed by atoms with Crippen LogP contribution in [-0.4, -0.2) is 19.7 Å². The fourth-order valence-electron chi connectivity index (χ4n) is 4.67. The monoisotopic (exact) mass is 454 g/mol. The molecule has 1 aliphatic rings. The molecule has 0 radical (unpaired) electrons. The third-order valence-electron chi connectivity index (χ3n) is 6.19. The van der Waals surface area contributed by atoms with Crippen LogP contribution in [0.3, 0.4) is 0 Å². The van der Waals surface area contributed by atoms with Gasteiger partial charge in [0.15, 0.2) is 0 Å². The predicted molar refractivity (Wildman–Crippen MR) is 133 cm³/mol. The molecular weight excluding hydrogens is 428 g/mol. The first kappa shape index (κ1) is 21.8. The molecule has 2 aromatic carbocycles. The summed E-state index contributed by atoms with van der Waals surface area (Å²) >= 11 is 0. The van der Waals surface area contributed by atoms with E-state index in [2.05, 4.69) is 49.1 Å². The Morgan fingerprint density at radius 3 is 2.79 bits per heavy atom. The Bertz CT molecular complexity index is 1440. The minimum absolute atomic E-state index is 0.0804. The molecule has 0 bridgehead atoms. The molecule has 0 aliphatic carbocycles. The van der Waals surface area contributed by atoms with Gasteiger partial charge in [0, 0.05) is 47.0 Å².